The SMILES string of the molecule is C=C(Nc1cccc(C2=CN=CC2)c1)N(C)c1nc(-c2cccc(C)c2)ccc1N. The van der Waals surface area contributed by atoms with Crippen molar-refractivity contribution in [3.63, 3.8) is 0 Å². The molecule has 0 radical (unpaired) electrons. The maximum absolute atomic E-state index is 6.24. The van der Waals surface area contributed by atoms with Crippen LogP contribution in [0.2, 0.25) is 0 Å². The Balaban J connectivity index is 1.55. The van der Waals surface area contributed by atoms with Crippen molar-refractivity contribution in [1.29, 1.82) is 0 Å². The smallest absolute Gasteiger partial charge is 0.157 e. The highest BCUT2D eigenvalue weighted by atomic mass is 15.3. The summed E-state index contributed by atoms with van der Waals surface area (Å²) in [5, 5.41) is 3.37. The number of nitrogens with one attached hydrogen (secondary N) is 1. The second kappa shape index (κ2) is 8.25. The highest BCUT2D eigenvalue weighted by Crippen LogP contribution is 2.29. The predicted molar refractivity (Wildman–Crippen MR) is 128 cm³/mol. The zero-order valence-electron chi connectivity index (χ0n) is 17.3. The van der Waals surface area contributed by atoms with Crippen LogP contribution in [0.1, 0.15) is 17.5 Å². The van der Waals surface area contributed by atoms with Crippen LogP contribution in [-0.4, -0.2) is 18.2 Å². The molecular weight excluding hydrogens is 370 g/mol. The zero-order valence-corrected chi connectivity index (χ0v) is 17.3. The van der Waals surface area contributed by atoms with E-state index in [4.69, 9.17) is 10.7 Å². The van der Waals surface area contributed by atoms with E-state index in [0.717, 1.165) is 28.9 Å². The molecule has 2 aromatic carbocycles. The molecule has 0 fully saturated rings. The molecule has 0 aliphatic carbocycles. The van der Waals surface area contributed by atoms with Crippen molar-refractivity contribution in [2.75, 3.05) is 23.0 Å². The van der Waals surface area contributed by atoms with Gasteiger partial charge < -0.3 is 16.0 Å². The van der Waals surface area contributed by atoms with E-state index >= 15 is 0 Å². The maximum atomic E-state index is 6.24. The fraction of sp³-hybridized carbons (Fsp3) is 0.120. The van der Waals surface area contributed by atoms with E-state index in [9.17, 15) is 0 Å². The monoisotopic (exact) mass is 395 g/mol. The Morgan fingerprint density at radius 3 is 2.63 bits per heavy atom. The van der Waals surface area contributed by atoms with Crippen molar-refractivity contribution < 1.29 is 0 Å². The van der Waals surface area contributed by atoms with Crippen molar-refractivity contribution in [2.45, 2.75) is 13.3 Å². The number of aromatic nitrogens is 1. The minimum Gasteiger partial charge on any atom is -0.396 e. The summed E-state index contributed by atoms with van der Waals surface area (Å²) < 4.78 is 0. The van der Waals surface area contributed by atoms with E-state index < -0.39 is 0 Å². The number of pyridine rings is 1. The molecule has 0 unspecified atom stereocenters. The minimum absolute atomic E-state index is 0.596. The van der Waals surface area contributed by atoms with Crippen LogP contribution < -0.4 is 16.0 Å². The standard InChI is InChI=1S/C25H25N5/c1-17-6-4-8-20(14-17)24-11-10-23(26)25(29-24)30(3)18(2)28-22-9-5-7-19(15-22)21-12-13-27-16-21/h4-11,13-16,28H,2,12,26H2,1,3H3. The van der Waals surface area contributed by atoms with Crippen LogP contribution in [0.15, 0.2) is 84.3 Å². The molecule has 3 N–H and O–H groups in total. The van der Waals surface area contributed by atoms with Crippen molar-refractivity contribution in [1.82, 2.24) is 4.98 Å². The van der Waals surface area contributed by atoms with Gasteiger partial charge in [0.2, 0.25) is 0 Å². The number of nitrogens with zero attached hydrogens (tertiary/aromatic N) is 3. The normalized spacial score (nSPS) is 12.5. The molecule has 150 valence electrons. The summed E-state index contributed by atoms with van der Waals surface area (Å²) in [6.07, 6.45) is 4.68. The molecule has 0 spiro atoms. The number of anilines is 3. The lowest BCUT2D eigenvalue weighted by Crippen LogP contribution is -2.23. The van der Waals surface area contributed by atoms with Crippen molar-refractivity contribution in [3.8, 4) is 11.3 Å². The molecule has 30 heavy (non-hydrogen) atoms. The van der Waals surface area contributed by atoms with Crippen molar-refractivity contribution in [2.24, 2.45) is 4.99 Å². The van der Waals surface area contributed by atoms with Crippen molar-refractivity contribution in [3.05, 3.63) is 90.4 Å². The van der Waals surface area contributed by atoms with Crippen LogP contribution in [0.5, 0.6) is 0 Å². The fourth-order valence-corrected chi connectivity index (χ4v) is 3.41. The number of hydrogen-bond acceptors (Lipinski definition) is 5. The van der Waals surface area contributed by atoms with Crippen LogP contribution in [0.3, 0.4) is 0 Å². The first-order chi connectivity index (χ1) is 14.5. The Kier molecular flexibility index (Phi) is 5.35. The van der Waals surface area contributed by atoms with Crippen LogP contribution in [-0.2, 0) is 0 Å². The lowest BCUT2D eigenvalue weighted by atomic mass is 10.0. The molecule has 0 saturated carbocycles. The molecule has 0 atom stereocenters. The summed E-state index contributed by atoms with van der Waals surface area (Å²) in [7, 11) is 1.91. The number of aliphatic imine (C=N–C) groups is 1. The third-order valence-electron chi connectivity index (χ3n) is 5.11. The molecule has 5 heteroatoms. The summed E-state index contributed by atoms with van der Waals surface area (Å²) in [6, 6.07) is 20.3. The van der Waals surface area contributed by atoms with E-state index in [1.807, 2.05) is 54.7 Å². The minimum atomic E-state index is 0.596. The fourth-order valence-electron chi connectivity index (χ4n) is 3.41. The summed E-state index contributed by atoms with van der Waals surface area (Å²) in [5.74, 6) is 1.35. The third kappa shape index (κ3) is 4.10. The van der Waals surface area contributed by atoms with E-state index in [1.165, 1.54) is 11.1 Å². The first kappa shape index (κ1) is 19.5. The predicted octanol–water partition coefficient (Wildman–Crippen LogP) is 5.47. The van der Waals surface area contributed by atoms with Gasteiger partial charge in [0.15, 0.2) is 5.82 Å². The Morgan fingerprint density at radius 2 is 1.87 bits per heavy atom. The van der Waals surface area contributed by atoms with Gasteiger partial charge in [-0.3, -0.25) is 4.99 Å². The summed E-state index contributed by atoms with van der Waals surface area (Å²) in [4.78, 5) is 10.9. The van der Waals surface area contributed by atoms with Gasteiger partial charge in [-0.1, -0.05) is 42.5 Å². The van der Waals surface area contributed by atoms with E-state index in [0.29, 0.717) is 17.3 Å². The van der Waals surface area contributed by atoms with Crippen molar-refractivity contribution >= 4 is 29.0 Å². The molecule has 1 aliphatic heterocycles. The average Bonchev–Trinajstić information content (AvgIpc) is 3.29. The van der Waals surface area contributed by atoms with Gasteiger partial charge in [0.1, 0.15) is 5.82 Å². The Hall–Kier alpha value is -3.86. The third-order valence-corrected chi connectivity index (χ3v) is 5.11. The molecule has 1 aromatic heterocycles. The van der Waals surface area contributed by atoms with Gasteiger partial charge >= 0.3 is 0 Å². The average molecular weight is 396 g/mol. The Morgan fingerprint density at radius 1 is 1.07 bits per heavy atom. The lowest BCUT2D eigenvalue weighted by molar-refractivity contribution is 1.06. The van der Waals surface area contributed by atoms with Gasteiger partial charge in [0.05, 0.1) is 11.4 Å². The number of hydrogen-bond donors (Lipinski definition) is 2. The Bertz CT molecular complexity index is 1160. The van der Waals surface area contributed by atoms with Gasteiger partial charge in [-0.2, -0.15) is 0 Å². The summed E-state index contributed by atoms with van der Waals surface area (Å²) in [5.41, 5.74) is 13.3. The number of nitrogens with two attached hydrogens (primary N) is 1. The molecule has 0 saturated heterocycles. The summed E-state index contributed by atoms with van der Waals surface area (Å²) >= 11 is 0. The molecule has 1 aliphatic rings. The van der Waals surface area contributed by atoms with E-state index in [1.54, 1.807) is 0 Å². The van der Waals surface area contributed by atoms with Crippen LogP contribution in [0, 0.1) is 6.92 Å². The van der Waals surface area contributed by atoms with Crippen LogP contribution >= 0.6 is 0 Å². The first-order valence-corrected chi connectivity index (χ1v) is 9.85. The molecule has 4 rings (SSSR count). The van der Waals surface area contributed by atoms with Gasteiger partial charge in [-0.25, -0.2) is 4.98 Å². The van der Waals surface area contributed by atoms with Gasteiger partial charge in [0, 0.05) is 37.1 Å². The van der Waals surface area contributed by atoms with E-state index in [-0.39, 0.29) is 0 Å². The molecule has 0 bridgehead atoms. The number of rotatable bonds is 6. The van der Waals surface area contributed by atoms with Gasteiger partial charge in [0.25, 0.3) is 0 Å². The topological polar surface area (TPSA) is 66.5 Å². The van der Waals surface area contributed by atoms with Gasteiger partial charge in [-0.05, 0) is 48.4 Å². The second-order valence-electron chi connectivity index (χ2n) is 7.38. The zero-order chi connectivity index (χ0) is 21.1. The number of nitrogen functional groups attached to an aromatic ring is 1. The molecule has 5 nitrogen and oxygen atoms in total. The summed E-state index contributed by atoms with van der Waals surface area (Å²) in [6.45, 7) is 6.26. The Labute approximate surface area is 177 Å². The number of allylic oxidation sites excluding steroid dienone is 1. The molecule has 3 aromatic rings. The number of benzene rings is 2. The number of aryl methyl sites for hydroxylation is 1. The molecular formula is C25H25N5. The second-order valence-corrected chi connectivity index (χ2v) is 7.38. The maximum Gasteiger partial charge on any atom is 0.157 e. The van der Waals surface area contributed by atoms with Crippen LogP contribution in [0.25, 0.3) is 16.8 Å². The largest absolute Gasteiger partial charge is 0.396 e. The lowest BCUT2D eigenvalue weighted by Gasteiger charge is -2.24. The van der Waals surface area contributed by atoms with Gasteiger partial charge in [-0.15, -0.1) is 0 Å². The first-order valence-electron chi connectivity index (χ1n) is 9.85. The highest BCUT2D eigenvalue weighted by molar-refractivity contribution is 5.85. The quantitative estimate of drug-likeness (QED) is 0.580. The van der Waals surface area contributed by atoms with Crippen LogP contribution in [0.4, 0.5) is 17.2 Å². The highest BCUT2D eigenvalue weighted by Gasteiger charge is 2.13. The molecule has 0 amide bonds. The molecule has 2 heterocycles. The van der Waals surface area contributed by atoms with E-state index in [2.05, 4.69) is 54.1 Å².